The summed E-state index contributed by atoms with van der Waals surface area (Å²) in [5, 5.41) is 0.804. The third-order valence-corrected chi connectivity index (χ3v) is 2.52. The van der Waals surface area contributed by atoms with Gasteiger partial charge in [0.05, 0.1) is 5.52 Å². The molecular weight excluding hydrogens is 174 g/mol. The normalized spacial score (nSPS) is 10.8. The Bertz CT molecular complexity index is 552. The molecule has 2 aromatic rings. The zero-order chi connectivity index (χ0) is 10.3. The Labute approximate surface area is 82.8 Å². The summed E-state index contributed by atoms with van der Waals surface area (Å²) in [6.45, 7) is 3.88. The molecule has 0 spiro atoms. The number of benzene rings is 1. The molecule has 2 rings (SSSR count). The van der Waals surface area contributed by atoms with E-state index in [1.54, 1.807) is 0 Å². The highest BCUT2D eigenvalue weighted by molar-refractivity contribution is 5.80. The maximum absolute atomic E-state index is 11.8. The average Bonchev–Trinajstić information content (AvgIpc) is 2.14. The van der Waals surface area contributed by atoms with Crippen molar-refractivity contribution in [1.29, 1.82) is 0 Å². The SMILES string of the molecule is Cc1ccc2c(=O)c(C)cn(C)c2c1. The van der Waals surface area contributed by atoms with Gasteiger partial charge in [0.1, 0.15) is 0 Å². The fraction of sp³-hybridized carbons (Fsp3) is 0.250. The quantitative estimate of drug-likeness (QED) is 0.619. The van der Waals surface area contributed by atoms with Crippen molar-refractivity contribution < 1.29 is 0 Å². The maximum Gasteiger partial charge on any atom is 0.192 e. The van der Waals surface area contributed by atoms with Crippen LogP contribution in [0.5, 0.6) is 0 Å². The number of hydrogen-bond donors (Lipinski definition) is 0. The van der Waals surface area contributed by atoms with Crippen LogP contribution in [0.1, 0.15) is 11.1 Å². The van der Waals surface area contributed by atoms with E-state index in [2.05, 4.69) is 0 Å². The molecular formula is C12H13NO. The summed E-state index contributed by atoms with van der Waals surface area (Å²) in [4.78, 5) is 11.8. The van der Waals surface area contributed by atoms with Gasteiger partial charge in [-0.05, 0) is 31.5 Å². The molecule has 1 aromatic carbocycles. The molecule has 0 amide bonds. The van der Waals surface area contributed by atoms with E-state index in [0.717, 1.165) is 16.5 Å². The molecule has 72 valence electrons. The molecule has 2 nitrogen and oxygen atoms in total. The summed E-state index contributed by atoms with van der Waals surface area (Å²) < 4.78 is 2.00. The molecule has 2 heteroatoms. The number of aryl methyl sites for hydroxylation is 3. The van der Waals surface area contributed by atoms with Gasteiger partial charge in [0, 0.05) is 24.2 Å². The fourth-order valence-corrected chi connectivity index (χ4v) is 1.76. The smallest absolute Gasteiger partial charge is 0.192 e. The lowest BCUT2D eigenvalue weighted by molar-refractivity contribution is 0.938. The molecule has 0 N–H and O–H groups in total. The van der Waals surface area contributed by atoms with Crippen molar-refractivity contribution in [1.82, 2.24) is 4.57 Å². The molecule has 0 fully saturated rings. The molecule has 0 radical (unpaired) electrons. The van der Waals surface area contributed by atoms with E-state index in [-0.39, 0.29) is 5.43 Å². The first-order chi connectivity index (χ1) is 6.59. The molecule has 1 heterocycles. The van der Waals surface area contributed by atoms with Gasteiger partial charge in [-0.25, -0.2) is 0 Å². The predicted octanol–water partition coefficient (Wildman–Crippen LogP) is 2.16. The zero-order valence-electron chi connectivity index (χ0n) is 8.66. The molecule has 0 aliphatic rings. The molecule has 0 aliphatic carbocycles. The summed E-state index contributed by atoms with van der Waals surface area (Å²) in [5.41, 5.74) is 3.11. The summed E-state index contributed by atoms with van der Waals surface area (Å²) in [7, 11) is 1.97. The Balaban J connectivity index is 3.02. The summed E-state index contributed by atoms with van der Waals surface area (Å²) in [5.74, 6) is 0. The van der Waals surface area contributed by atoms with E-state index >= 15 is 0 Å². The Hall–Kier alpha value is -1.57. The van der Waals surface area contributed by atoms with Gasteiger partial charge in [0.15, 0.2) is 5.43 Å². The molecule has 0 atom stereocenters. The van der Waals surface area contributed by atoms with Gasteiger partial charge in [0.2, 0.25) is 0 Å². The van der Waals surface area contributed by atoms with Crippen molar-refractivity contribution in [2.45, 2.75) is 13.8 Å². The van der Waals surface area contributed by atoms with Crippen LogP contribution in [-0.4, -0.2) is 4.57 Å². The van der Waals surface area contributed by atoms with E-state index in [9.17, 15) is 4.79 Å². The largest absolute Gasteiger partial charge is 0.350 e. The number of pyridine rings is 1. The lowest BCUT2D eigenvalue weighted by Gasteiger charge is -2.07. The molecule has 1 aromatic heterocycles. The van der Waals surface area contributed by atoms with Gasteiger partial charge in [-0.1, -0.05) is 6.07 Å². The van der Waals surface area contributed by atoms with Crippen LogP contribution in [0.25, 0.3) is 10.9 Å². The van der Waals surface area contributed by atoms with Gasteiger partial charge in [-0.2, -0.15) is 0 Å². The minimum atomic E-state index is 0.137. The number of nitrogens with zero attached hydrogens (tertiary/aromatic N) is 1. The van der Waals surface area contributed by atoms with E-state index in [1.807, 2.05) is 49.9 Å². The van der Waals surface area contributed by atoms with Crippen LogP contribution in [0.2, 0.25) is 0 Å². The van der Waals surface area contributed by atoms with Crippen LogP contribution in [0.3, 0.4) is 0 Å². The van der Waals surface area contributed by atoms with Crippen LogP contribution >= 0.6 is 0 Å². The first-order valence-corrected chi connectivity index (χ1v) is 4.66. The second-order valence-corrected chi connectivity index (χ2v) is 3.77. The Morgan fingerprint density at radius 3 is 2.64 bits per heavy atom. The van der Waals surface area contributed by atoms with E-state index in [0.29, 0.717) is 0 Å². The van der Waals surface area contributed by atoms with Crippen LogP contribution in [-0.2, 0) is 7.05 Å². The minimum absolute atomic E-state index is 0.137. The Kier molecular flexibility index (Phi) is 1.92. The van der Waals surface area contributed by atoms with Crippen molar-refractivity contribution in [2.24, 2.45) is 7.05 Å². The molecule has 0 aliphatic heterocycles. The molecule has 0 saturated carbocycles. The molecule has 0 bridgehead atoms. The van der Waals surface area contributed by atoms with Crippen molar-refractivity contribution in [3.8, 4) is 0 Å². The van der Waals surface area contributed by atoms with Gasteiger partial charge >= 0.3 is 0 Å². The molecule has 0 saturated heterocycles. The van der Waals surface area contributed by atoms with Crippen molar-refractivity contribution in [3.05, 3.63) is 45.7 Å². The van der Waals surface area contributed by atoms with E-state index in [1.165, 1.54) is 5.56 Å². The van der Waals surface area contributed by atoms with Crippen LogP contribution in [0, 0.1) is 13.8 Å². The predicted molar refractivity (Wildman–Crippen MR) is 58.7 cm³/mol. The van der Waals surface area contributed by atoms with Crippen molar-refractivity contribution >= 4 is 10.9 Å². The maximum atomic E-state index is 11.8. The Morgan fingerprint density at radius 2 is 1.93 bits per heavy atom. The van der Waals surface area contributed by atoms with Crippen molar-refractivity contribution in [3.63, 3.8) is 0 Å². The number of aromatic nitrogens is 1. The standard InChI is InChI=1S/C12H13NO/c1-8-4-5-10-11(6-8)13(3)7-9(2)12(10)14/h4-7H,1-3H3. The van der Waals surface area contributed by atoms with Crippen LogP contribution in [0.4, 0.5) is 0 Å². The highest BCUT2D eigenvalue weighted by Gasteiger charge is 2.03. The average molecular weight is 187 g/mol. The van der Waals surface area contributed by atoms with Gasteiger partial charge in [0.25, 0.3) is 0 Å². The third kappa shape index (κ3) is 1.23. The topological polar surface area (TPSA) is 22.0 Å². The zero-order valence-corrected chi connectivity index (χ0v) is 8.66. The fourth-order valence-electron chi connectivity index (χ4n) is 1.76. The second-order valence-electron chi connectivity index (χ2n) is 3.77. The number of rotatable bonds is 0. The van der Waals surface area contributed by atoms with Gasteiger partial charge in [-0.15, -0.1) is 0 Å². The highest BCUT2D eigenvalue weighted by atomic mass is 16.1. The molecule has 0 unspecified atom stereocenters. The highest BCUT2D eigenvalue weighted by Crippen LogP contribution is 2.12. The number of hydrogen-bond acceptors (Lipinski definition) is 1. The first-order valence-electron chi connectivity index (χ1n) is 4.66. The summed E-state index contributed by atoms with van der Waals surface area (Å²) in [6.07, 6.45) is 1.88. The van der Waals surface area contributed by atoms with Crippen LogP contribution in [0.15, 0.2) is 29.2 Å². The number of fused-ring (bicyclic) bond motifs is 1. The lowest BCUT2D eigenvalue weighted by Crippen LogP contribution is -2.10. The van der Waals surface area contributed by atoms with E-state index < -0.39 is 0 Å². The first kappa shape index (κ1) is 9.00. The minimum Gasteiger partial charge on any atom is -0.350 e. The van der Waals surface area contributed by atoms with E-state index in [4.69, 9.17) is 0 Å². The molecule has 14 heavy (non-hydrogen) atoms. The van der Waals surface area contributed by atoms with Gasteiger partial charge < -0.3 is 4.57 Å². The van der Waals surface area contributed by atoms with Crippen molar-refractivity contribution in [2.75, 3.05) is 0 Å². The third-order valence-electron chi connectivity index (χ3n) is 2.52. The van der Waals surface area contributed by atoms with Crippen LogP contribution < -0.4 is 5.43 Å². The lowest BCUT2D eigenvalue weighted by atomic mass is 10.1. The monoisotopic (exact) mass is 187 g/mol. The summed E-state index contributed by atoms with van der Waals surface area (Å²) in [6, 6.07) is 5.92. The summed E-state index contributed by atoms with van der Waals surface area (Å²) >= 11 is 0. The van der Waals surface area contributed by atoms with Gasteiger partial charge in [-0.3, -0.25) is 4.79 Å². The Morgan fingerprint density at radius 1 is 1.21 bits per heavy atom. The second kappa shape index (κ2) is 2.98.